The van der Waals surface area contributed by atoms with Crippen LogP contribution in [-0.2, 0) is 0 Å². The standard InChI is InChI=1S/C10H15N3O/c1-7-5-13(6-7)8-3-9(14-2)10(11)12-4-8/h3-4,7H,5-6H2,1-2H3,(H2,11,12). The van der Waals surface area contributed by atoms with Crippen molar-refractivity contribution in [2.45, 2.75) is 6.92 Å². The minimum Gasteiger partial charge on any atom is -0.493 e. The van der Waals surface area contributed by atoms with Crippen LogP contribution in [0.15, 0.2) is 12.3 Å². The fourth-order valence-electron chi connectivity index (χ4n) is 1.69. The van der Waals surface area contributed by atoms with E-state index in [9.17, 15) is 0 Å². The minimum absolute atomic E-state index is 0.449. The molecule has 2 N–H and O–H groups in total. The van der Waals surface area contributed by atoms with Gasteiger partial charge in [-0.2, -0.15) is 0 Å². The molecule has 0 spiro atoms. The average Bonchev–Trinajstić information content (AvgIpc) is 2.14. The molecule has 1 aromatic rings. The molecule has 0 aromatic carbocycles. The molecule has 1 aliphatic heterocycles. The lowest BCUT2D eigenvalue weighted by Crippen LogP contribution is -2.45. The minimum atomic E-state index is 0.449. The maximum atomic E-state index is 5.63. The smallest absolute Gasteiger partial charge is 0.166 e. The van der Waals surface area contributed by atoms with Crippen molar-refractivity contribution in [1.82, 2.24) is 4.98 Å². The summed E-state index contributed by atoms with van der Waals surface area (Å²) in [6, 6.07) is 1.94. The van der Waals surface area contributed by atoms with Gasteiger partial charge >= 0.3 is 0 Å². The molecule has 2 heterocycles. The van der Waals surface area contributed by atoms with Gasteiger partial charge in [0.15, 0.2) is 11.6 Å². The lowest BCUT2D eigenvalue weighted by atomic mass is 10.0. The number of aromatic nitrogens is 1. The highest BCUT2D eigenvalue weighted by Crippen LogP contribution is 2.29. The fraction of sp³-hybridized carbons (Fsp3) is 0.500. The van der Waals surface area contributed by atoms with E-state index in [1.807, 2.05) is 6.07 Å². The Morgan fingerprint density at radius 2 is 2.29 bits per heavy atom. The third-order valence-corrected chi connectivity index (χ3v) is 2.52. The third-order valence-electron chi connectivity index (χ3n) is 2.52. The van der Waals surface area contributed by atoms with Crippen LogP contribution in [0.25, 0.3) is 0 Å². The molecule has 0 bridgehead atoms. The second kappa shape index (κ2) is 3.36. The molecular weight excluding hydrogens is 178 g/mol. The summed E-state index contributed by atoms with van der Waals surface area (Å²) in [6.45, 7) is 4.42. The summed E-state index contributed by atoms with van der Waals surface area (Å²) in [6.07, 6.45) is 1.80. The van der Waals surface area contributed by atoms with Crippen LogP contribution in [0, 0.1) is 5.92 Å². The van der Waals surface area contributed by atoms with Crippen molar-refractivity contribution in [1.29, 1.82) is 0 Å². The van der Waals surface area contributed by atoms with E-state index >= 15 is 0 Å². The van der Waals surface area contributed by atoms with E-state index in [2.05, 4.69) is 16.8 Å². The molecular formula is C10H15N3O. The Morgan fingerprint density at radius 1 is 1.57 bits per heavy atom. The van der Waals surface area contributed by atoms with E-state index in [1.165, 1.54) is 0 Å². The van der Waals surface area contributed by atoms with Crippen molar-refractivity contribution in [3.8, 4) is 5.75 Å². The van der Waals surface area contributed by atoms with E-state index in [1.54, 1.807) is 13.3 Å². The molecule has 2 rings (SSSR count). The number of methoxy groups -OCH3 is 1. The van der Waals surface area contributed by atoms with Crippen LogP contribution in [0.2, 0.25) is 0 Å². The van der Waals surface area contributed by atoms with Crippen LogP contribution in [0.4, 0.5) is 11.5 Å². The first-order valence-corrected chi connectivity index (χ1v) is 4.75. The van der Waals surface area contributed by atoms with E-state index in [-0.39, 0.29) is 0 Å². The zero-order chi connectivity index (χ0) is 10.1. The third kappa shape index (κ3) is 1.47. The maximum Gasteiger partial charge on any atom is 0.166 e. The van der Waals surface area contributed by atoms with Gasteiger partial charge < -0.3 is 15.4 Å². The summed E-state index contributed by atoms with van der Waals surface area (Å²) in [5.74, 6) is 1.88. The Labute approximate surface area is 83.7 Å². The van der Waals surface area contributed by atoms with E-state index < -0.39 is 0 Å². The van der Waals surface area contributed by atoms with Crippen LogP contribution < -0.4 is 15.4 Å². The summed E-state index contributed by atoms with van der Waals surface area (Å²) in [4.78, 5) is 6.35. The molecule has 0 unspecified atom stereocenters. The van der Waals surface area contributed by atoms with Crippen LogP contribution in [0.3, 0.4) is 0 Å². The van der Waals surface area contributed by atoms with E-state index in [0.717, 1.165) is 24.7 Å². The molecule has 0 amide bonds. The molecule has 14 heavy (non-hydrogen) atoms. The second-order valence-corrected chi connectivity index (χ2v) is 3.79. The van der Waals surface area contributed by atoms with Crippen molar-refractivity contribution in [2.75, 3.05) is 30.8 Å². The number of anilines is 2. The van der Waals surface area contributed by atoms with Gasteiger partial charge in [-0.05, 0) is 5.92 Å². The molecule has 1 aromatic heterocycles. The quantitative estimate of drug-likeness (QED) is 0.765. The molecule has 76 valence electrons. The van der Waals surface area contributed by atoms with Crippen molar-refractivity contribution in [2.24, 2.45) is 5.92 Å². The summed E-state index contributed by atoms with van der Waals surface area (Å²) >= 11 is 0. The number of nitrogens with two attached hydrogens (primary N) is 1. The Balaban J connectivity index is 2.19. The first kappa shape index (κ1) is 9.12. The highest BCUT2D eigenvalue weighted by Gasteiger charge is 2.23. The number of hydrogen-bond acceptors (Lipinski definition) is 4. The zero-order valence-electron chi connectivity index (χ0n) is 8.53. The topological polar surface area (TPSA) is 51.4 Å². The average molecular weight is 193 g/mol. The fourth-order valence-corrected chi connectivity index (χ4v) is 1.69. The monoisotopic (exact) mass is 193 g/mol. The normalized spacial score (nSPS) is 16.6. The zero-order valence-corrected chi connectivity index (χ0v) is 8.53. The number of ether oxygens (including phenoxy) is 1. The maximum absolute atomic E-state index is 5.63. The van der Waals surface area contributed by atoms with Gasteiger partial charge in [0.1, 0.15) is 0 Å². The molecule has 4 nitrogen and oxygen atoms in total. The molecule has 0 saturated carbocycles. The highest BCUT2D eigenvalue weighted by molar-refractivity contribution is 5.58. The van der Waals surface area contributed by atoms with Gasteiger partial charge in [0.2, 0.25) is 0 Å². The van der Waals surface area contributed by atoms with Crippen molar-refractivity contribution in [3.63, 3.8) is 0 Å². The van der Waals surface area contributed by atoms with Crippen molar-refractivity contribution < 1.29 is 4.74 Å². The Morgan fingerprint density at radius 3 is 2.86 bits per heavy atom. The number of nitrogen functional groups attached to an aromatic ring is 1. The highest BCUT2D eigenvalue weighted by atomic mass is 16.5. The second-order valence-electron chi connectivity index (χ2n) is 3.79. The van der Waals surface area contributed by atoms with Gasteiger partial charge in [0.05, 0.1) is 19.0 Å². The van der Waals surface area contributed by atoms with Crippen LogP contribution in [0.5, 0.6) is 5.75 Å². The van der Waals surface area contributed by atoms with Gasteiger partial charge in [0.25, 0.3) is 0 Å². The largest absolute Gasteiger partial charge is 0.493 e. The Kier molecular flexibility index (Phi) is 2.19. The molecule has 1 saturated heterocycles. The molecule has 0 radical (unpaired) electrons. The summed E-state index contributed by atoms with van der Waals surface area (Å²) in [5.41, 5.74) is 6.72. The van der Waals surface area contributed by atoms with Gasteiger partial charge in [-0.15, -0.1) is 0 Å². The Bertz CT molecular complexity index is 334. The molecule has 0 atom stereocenters. The van der Waals surface area contributed by atoms with E-state index in [4.69, 9.17) is 10.5 Å². The first-order valence-electron chi connectivity index (χ1n) is 4.75. The molecule has 1 fully saturated rings. The number of nitrogens with zero attached hydrogens (tertiary/aromatic N) is 2. The Hall–Kier alpha value is -1.45. The van der Waals surface area contributed by atoms with Crippen LogP contribution >= 0.6 is 0 Å². The number of rotatable bonds is 2. The van der Waals surface area contributed by atoms with Crippen molar-refractivity contribution >= 4 is 11.5 Å². The predicted octanol–water partition coefficient (Wildman–Crippen LogP) is 1.13. The summed E-state index contributed by atoms with van der Waals surface area (Å²) < 4.78 is 5.12. The van der Waals surface area contributed by atoms with Gasteiger partial charge in [0, 0.05) is 19.2 Å². The number of hydrogen-bond donors (Lipinski definition) is 1. The lowest BCUT2D eigenvalue weighted by Gasteiger charge is -2.39. The van der Waals surface area contributed by atoms with Crippen LogP contribution in [0.1, 0.15) is 6.92 Å². The van der Waals surface area contributed by atoms with Crippen molar-refractivity contribution in [3.05, 3.63) is 12.3 Å². The first-order chi connectivity index (χ1) is 6.70. The van der Waals surface area contributed by atoms with E-state index in [0.29, 0.717) is 11.6 Å². The summed E-state index contributed by atoms with van der Waals surface area (Å²) in [5, 5.41) is 0. The SMILES string of the molecule is COc1cc(N2CC(C)C2)cnc1N. The van der Waals surface area contributed by atoms with Gasteiger partial charge in [-0.3, -0.25) is 0 Å². The van der Waals surface area contributed by atoms with Gasteiger partial charge in [-0.1, -0.05) is 6.92 Å². The lowest BCUT2D eigenvalue weighted by molar-refractivity contribution is 0.412. The van der Waals surface area contributed by atoms with Gasteiger partial charge in [-0.25, -0.2) is 4.98 Å². The molecule has 1 aliphatic rings. The molecule has 4 heteroatoms. The predicted molar refractivity (Wildman–Crippen MR) is 56.6 cm³/mol. The summed E-state index contributed by atoms with van der Waals surface area (Å²) in [7, 11) is 1.61. The molecule has 0 aliphatic carbocycles. The number of pyridine rings is 1. The van der Waals surface area contributed by atoms with Crippen LogP contribution in [-0.4, -0.2) is 25.2 Å².